The van der Waals surface area contributed by atoms with Crippen molar-refractivity contribution in [2.24, 2.45) is 52.3 Å². The van der Waals surface area contributed by atoms with Crippen molar-refractivity contribution in [1.82, 2.24) is 0 Å². The molecule has 2 aliphatic heterocycles. The zero-order valence-corrected chi connectivity index (χ0v) is 19.3. The lowest BCUT2D eigenvalue weighted by Gasteiger charge is -2.61. The molecule has 1 spiro atoms. The fourth-order valence-electron chi connectivity index (χ4n) is 9.57. The van der Waals surface area contributed by atoms with Gasteiger partial charge in [-0.3, -0.25) is 0 Å². The van der Waals surface area contributed by atoms with Crippen LogP contribution in [-0.4, -0.2) is 29.7 Å². The maximum absolute atomic E-state index is 10.6. The minimum absolute atomic E-state index is 0.205. The molecule has 4 saturated carbocycles. The van der Waals surface area contributed by atoms with Crippen LogP contribution in [-0.2, 0) is 9.47 Å². The van der Waals surface area contributed by atoms with Gasteiger partial charge in [0.05, 0.1) is 18.8 Å². The van der Waals surface area contributed by atoms with Gasteiger partial charge in [0.25, 0.3) is 0 Å². The van der Waals surface area contributed by atoms with Gasteiger partial charge in [-0.05, 0) is 104 Å². The second kappa shape index (κ2) is 6.70. The number of ether oxygens (including phenoxy) is 2. The van der Waals surface area contributed by atoms with E-state index >= 15 is 0 Å². The van der Waals surface area contributed by atoms with Gasteiger partial charge in [0, 0.05) is 17.8 Å². The zero-order chi connectivity index (χ0) is 24.5. The van der Waals surface area contributed by atoms with E-state index in [1.54, 1.807) is 0 Å². The molecule has 2 saturated heterocycles. The zero-order valence-electron chi connectivity index (χ0n) is 23.3. The third-order valence-electron chi connectivity index (χ3n) is 11.2. The molecule has 0 bridgehead atoms. The molecule has 6 fully saturated rings. The van der Waals surface area contributed by atoms with E-state index in [-0.39, 0.29) is 23.9 Å². The topological polar surface area (TPSA) is 38.7 Å². The average molecular weight is 421 g/mol. The molecule has 3 nitrogen and oxygen atoms in total. The van der Waals surface area contributed by atoms with Crippen LogP contribution in [0.25, 0.3) is 0 Å². The van der Waals surface area contributed by atoms with Gasteiger partial charge in [0.15, 0.2) is 5.79 Å². The second-order valence-electron chi connectivity index (χ2n) is 12.5. The number of hydrogen-bond acceptors (Lipinski definition) is 3. The van der Waals surface area contributed by atoms with E-state index in [2.05, 4.69) is 27.7 Å². The highest BCUT2D eigenvalue weighted by Gasteiger charge is 2.69. The van der Waals surface area contributed by atoms with Crippen molar-refractivity contribution < 1.29 is 20.1 Å². The average Bonchev–Trinajstić information content (AvgIpc) is 3.19. The Hall–Kier alpha value is -0.120. The van der Waals surface area contributed by atoms with Crippen LogP contribution in [0.4, 0.5) is 0 Å². The SMILES string of the molecule is [2H]C1([2H])C[C@]2(C)[C@H]3CC[C@]4(C)[C@@H]5[C@H](C[C@H]4[C@@H]3CC[C@H]2C([2H])([2H])[C@H]1O)O[C@]1(CC[C@@H](C)CO1)[C@H]5C. The molecule has 2 heterocycles. The molecule has 0 aromatic rings. The first-order chi connectivity index (χ1) is 15.8. The summed E-state index contributed by atoms with van der Waals surface area (Å²) >= 11 is 0. The Bertz CT molecular complexity index is 842. The van der Waals surface area contributed by atoms with E-state index in [9.17, 15) is 5.11 Å². The Balaban J connectivity index is 1.29. The summed E-state index contributed by atoms with van der Waals surface area (Å²) in [7, 11) is 0. The summed E-state index contributed by atoms with van der Waals surface area (Å²) in [4.78, 5) is 0. The Morgan fingerprint density at radius 3 is 2.57 bits per heavy atom. The summed E-state index contributed by atoms with van der Waals surface area (Å²) in [6.07, 6.45) is 2.33. The molecule has 6 rings (SSSR count). The normalized spacial score (nSPS) is 67.8. The fraction of sp³-hybridized carbons (Fsp3) is 1.00. The molecule has 3 heteroatoms. The van der Waals surface area contributed by atoms with E-state index in [1.165, 1.54) is 6.42 Å². The minimum Gasteiger partial charge on any atom is -0.393 e. The van der Waals surface area contributed by atoms with E-state index in [0.717, 1.165) is 45.1 Å². The Morgan fingerprint density at radius 1 is 0.967 bits per heavy atom. The van der Waals surface area contributed by atoms with Gasteiger partial charge in [-0.25, -0.2) is 0 Å². The van der Waals surface area contributed by atoms with Gasteiger partial charge in [0.2, 0.25) is 0 Å². The summed E-state index contributed by atoms with van der Waals surface area (Å²) < 4.78 is 47.8. The lowest BCUT2D eigenvalue weighted by molar-refractivity contribution is -0.273. The van der Waals surface area contributed by atoms with Crippen LogP contribution in [0, 0.1) is 52.3 Å². The highest BCUT2D eigenvalue weighted by molar-refractivity contribution is 5.15. The minimum atomic E-state index is -1.89. The first-order valence-electron chi connectivity index (χ1n) is 14.8. The highest BCUT2D eigenvalue weighted by Crippen LogP contribution is 2.71. The summed E-state index contributed by atoms with van der Waals surface area (Å²) in [5.74, 6) is 2.17. The first kappa shape index (κ1) is 16.5. The van der Waals surface area contributed by atoms with Crippen molar-refractivity contribution in [1.29, 1.82) is 0 Å². The predicted molar refractivity (Wildman–Crippen MR) is 118 cm³/mol. The number of aliphatic hydroxyl groups excluding tert-OH is 1. The van der Waals surface area contributed by atoms with E-state index in [4.69, 9.17) is 15.0 Å². The molecule has 30 heavy (non-hydrogen) atoms. The Kier molecular flexibility index (Phi) is 3.68. The van der Waals surface area contributed by atoms with Gasteiger partial charge >= 0.3 is 0 Å². The number of hydrogen-bond donors (Lipinski definition) is 1. The fourth-order valence-corrected chi connectivity index (χ4v) is 9.57. The van der Waals surface area contributed by atoms with Crippen molar-refractivity contribution in [2.75, 3.05) is 6.61 Å². The maximum Gasteiger partial charge on any atom is 0.171 e. The van der Waals surface area contributed by atoms with E-state index in [1.807, 2.05) is 0 Å². The molecule has 0 aromatic heterocycles. The van der Waals surface area contributed by atoms with Crippen molar-refractivity contribution >= 4 is 0 Å². The van der Waals surface area contributed by atoms with Crippen molar-refractivity contribution in [3.05, 3.63) is 0 Å². The molecule has 12 atom stereocenters. The van der Waals surface area contributed by atoms with Crippen molar-refractivity contribution in [3.8, 4) is 0 Å². The molecular formula is C27H44O3. The number of aliphatic hydroxyl groups is 1. The van der Waals surface area contributed by atoms with Crippen LogP contribution in [0.15, 0.2) is 0 Å². The van der Waals surface area contributed by atoms with Crippen LogP contribution < -0.4 is 0 Å². The molecule has 170 valence electrons. The van der Waals surface area contributed by atoms with E-state index in [0.29, 0.717) is 35.5 Å². The van der Waals surface area contributed by atoms with Crippen LogP contribution in [0.3, 0.4) is 0 Å². The quantitative estimate of drug-likeness (QED) is 0.539. The van der Waals surface area contributed by atoms with E-state index < -0.39 is 30.1 Å². The lowest BCUT2D eigenvalue weighted by Crippen LogP contribution is -2.55. The van der Waals surface area contributed by atoms with Crippen LogP contribution >= 0.6 is 0 Å². The summed E-state index contributed by atoms with van der Waals surface area (Å²) in [5.41, 5.74) is -0.207. The maximum atomic E-state index is 10.6. The third kappa shape index (κ3) is 2.61. The molecule has 0 aromatic carbocycles. The highest BCUT2D eigenvalue weighted by atomic mass is 16.7. The summed E-state index contributed by atoms with van der Waals surface area (Å²) in [6, 6.07) is 0. The number of fused-ring (bicyclic) bond motifs is 7. The van der Waals surface area contributed by atoms with Gasteiger partial charge in [-0.2, -0.15) is 0 Å². The summed E-state index contributed by atoms with van der Waals surface area (Å²) in [5, 5.41) is 10.6. The molecular weight excluding hydrogens is 372 g/mol. The van der Waals surface area contributed by atoms with Gasteiger partial charge < -0.3 is 14.6 Å². The van der Waals surface area contributed by atoms with Crippen LogP contribution in [0.2, 0.25) is 0 Å². The van der Waals surface area contributed by atoms with Gasteiger partial charge in [-0.1, -0.05) is 27.7 Å². The van der Waals surface area contributed by atoms with Gasteiger partial charge in [0.1, 0.15) is 0 Å². The monoisotopic (exact) mass is 420 g/mol. The first-order valence-corrected chi connectivity index (χ1v) is 12.8. The lowest BCUT2D eigenvalue weighted by atomic mass is 9.44. The largest absolute Gasteiger partial charge is 0.393 e. The predicted octanol–water partition coefficient (Wildman–Crippen LogP) is 5.79. The molecule has 0 amide bonds. The smallest absolute Gasteiger partial charge is 0.171 e. The molecule has 0 radical (unpaired) electrons. The summed E-state index contributed by atoms with van der Waals surface area (Å²) in [6.45, 7) is 10.1. The molecule has 1 N–H and O–H groups in total. The molecule has 0 unspecified atom stereocenters. The third-order valence-corrected chi connectivity index (χ3v) is 11.2. The molecule has 6 aliphatic rings. The second-order valence-corrected chi connectivity index (χ2v) is 12.5. The van der Waals surface area contributed by atoms with Crippen molar-refractivity contribution in [3.63, 3.8) is 0 Å². The van der Waals surface area contributed by atoms with Crippen LogP contribution in [0.1, 0.15) is 97.3 Å². The Labute approximate surface area is 189 Å². The standard InChI is InChI=1S/C27H44O3/c1-16-7-12-27(29-15-16)17(2)24-23(30-27)14-22-20-6-5-18-13-19(28)8-10-25(18,3)21(20)9-11-26(22,24)4/h16-24,28H,5-15H2,1-4H3/t16-,17+,18+,19+,20-,21+,22+,23+,24+,25+,26+,27-/m1/s1/i8D2,13D2. The van der Waals surface area contributed by atoms with Crippen molar-refractivity contribution in [2.45, 2.75) is 110 Å². The Morgan fingerprint density at radius 2 is 1.80 bits per heavy atom. The molecule has 4 aliphatic carbocycles. The van der Waals surface area contributed by atoms with Crippen LogP contribution in [0.5, 0.6) is 0 Å². The van der Waals surface area contributed by atoms with Gasteiger partial charge in [-0.15, -0.1) is 0 Å². The number of rotatable bonds is 0.